The highest BCUT2D eigenvalue weighted by Crippen LogP contribution is 2.39. The van der Waals surface area contributed by atoms with E-state index in [1.54, 1.807) is 25.3 Å². The third-order valence-electron chi connectivity index (χ3n) is 3.77. The Labute approximate surface area is 132 Å². The Morgan fingerprint density at radius 1 is 1.45 bits per heavy atom. The molecule has 3 rings (SSSR count). The largest absolute Gasteiger partial charge is 0.452 e. The fourth-order valence-corrected chi connectivity index (χ4v) is 2.82. The number of ether oxygens (including phenoxy) is 1. The Morgan fingerprint density at radius 2 is 2.18 bits per heavy atom. The van der Waals surface area contributed by atoms with Crippen molar-refractivity contribution in [2.75, 3.05) is 5.43 Å². The molecule has 7 heteroatoms. The predicted octanol–water partition coefficient (Wildman–Crippen LogP) is 2.82. The van der Waals surface area contributed by atoms with Crippen LogP contribution in [0.1, 0.15) is 13.3 Å². The van der Waals surface area contributed by atoms with Crippen LogP contribution < -0.4 is 5.43 Å². The van der Waals surface area contributed by atoms with Crippen LogP contribution in [0.5, 0.6) is 0 Å². The molecule has 0 saturated carbocycles. The number of carbonyl (C=O) groups excluding carboxylic acids is 1. The Morgan fingerprint density at radius 3 is 2.86 bits per heavy atom. The van der Waals surface area contributed by atoms with E-state index in [1.807, 2.05) is 18.2 Å². The first-order chi connectivity index (χ1) is 10.5. The topological polar surface area (TPSA) is 53.9 Å². The van der Waals surface area contributed by atoms with Crippen LogP contribution in [0.2, 0.25) is 0 Å². The summed E-state index contributed by atoms with van der Waals surface area (Å²) >= 11 is 5.12. The summed E-state index contributed by atoms with van der Waals surface area (Å²) < 4.78 is 19.6. The molecule has 0 radical (unpaired) electrons. The van der Waals surface area contributed by atoms with Crippen molar-refractivity contribution in [1.29, 1.82) is 0 Å². The molecule has 1 aromatic carbocycles. The average Bonchev–Trinajstić information content (AvgIpc) is 2.73. The highest BCUT2D eigenvalue weighted by molar-refractivity contribution is 7.80. The van der Waals surface area contributed by atoms with E-state index in [1.165, 1.54) is 0 Å². The summed E-state index contributed by atoms with van der Waals surface area (Å²) in [7, 11) is 0. The normalized spacial score (nSPS) is 27.6. The molecule has 1 fully saturated rings. The highest BCUT2D eigenvalue weighted by atomic mass is 32.1. The molecular weight excluding hydrogens is 305 g/mol. The van der Waals surface area contributed by atoms with Crippen LogP contribution in [0.3, 0.4) is 0 Å². The molecule has 2 unspecified atom stereocenters. The van der Waals surface area contributed by atoms with Crippen LogP contribution in [0.25, 0.3) is 0 Å². The molecule has 0 aromatic heterocycles. The summed E-state index contributed by atoms with van der Waals surface area (Å²) in [5.74, 6) is -1.65. The number of amides is 1. The number of rotatable bonds is 3. The number of benzene rings is 1. The third kappa shape index (κ3) is 2.37. The first-order valence-electron chi connectivity index (χ1n) is 6.79. The number of hydrogen-bond acceptors (Lipinski definition) is 5. The smallest absolute Gasteiger partial charge is 0.293 e. The first-order valence-corrected chi connectivity index (χ1v) is 7.19. The van der Waals surface area contributed by atoms with Gasteiger partial charge in [0.05, 0.1) is 17.8 Å². The zero-order chi connectivity index (χ0) is 15.7. The van der Waals surface area contributed by atoms with Gasteiger partial charge in [-0.15, -0.1) is 0 Å². The Bertz CT molecular complexity index is 677. The van der Waals surface area contributed by atoms with Crippen LogP contribution in [0.4, 0.5) is 10.1 Å². The number of anilines is 1. The van der Waals surface area contributed by atoms with E-state index < -0.39 is 23.3 Å². The molecule has 2 heterocycles. The van der Waals surface area contributed by atoms with Crippen molar-refractivity contribution in [2.24, 2.45) is 10.9 Å². The summed E-state index contributed by atoms with van der Waals surface area (Å²) in [4.78, 5) is 16.5. The maximum atomic E-state index is 14.0. The second kappa shape index (κ2) is 5.49. The molecule has 1 N–H and O–H groups in total. The van der Waals surface area contributed by atoms with Crippen LogP contribution >= 0.6 is 12.2 Å². The summed E-state index contributed by atoms with van der Waals surface area (Å²) in [6.45, 7) is 1.55. The molecule has 0 spiro atoms. The summed E-state index contributed by atoms with van der Waals surface area (Å²) in [5, 5.41) is 1.12. The Hall–Kier alpha value is -2.28. The third-order valence-corrected chi connectivity index (χ3v) is 4.03. The van der Waals surface area contributed by atoms with Crippen molar-refractivity contribution in [3.05, 3.63) is 42.4 Å². The van der Waals surface area contributed by atoms with Gasteiger partial charge in [0, 0.05) is 6.21 Å². The van der Waals surface area contributed by atoms with Crippen LogP contribution in [0.15, 0.2) is 47.4 Å². The van der Waals surface area contributed by atoms with Crippen molar-refractivity contribution in [1.82, 2.24) is 5.01 Å². The van der Waals surface area contributed by atoms with Gasteiger partial charge in [-0.2, -0.15) is 5.01 Å². The molecule has 0 bridgehead atoms. The van der Waals surface area contributed by atoms with Gasteiger partial charge in [0.2, 0.25) is 0 Å². The maximum absolute atomic E-state index is 14.0. The highest BCUT2D eigenvalue weighted by Gasteiger charge is 2.55. The molecule has 1 aromatic rings. The molecule has 2 aliphatic heterocycles. The fourth-order valence-electron chi connectivity index (χ4n) is 2.51. The Balaban J connectivity index is 1.85. The van der Waals surface area contributed by atoms with E-state index in [0.29, 0.717) is 5.69 Å². The van der Waals surface area contributed by atoms with E-state index >= 15 is 0 Å². The van der Waals surface area contributed by atoms with E-state index in [9.17, 15) is 9.18 Å². The van der Waals surface area contributed by atoms with Crippen molar-refractivity contribution in [2.45, 2.75) is 18.9 Å². The zero-order valence-corrected chi connectivity index (χ0v) is 12.6. The Kier molecular flexibility index (Phi) is 3.66. The monoisotopic (exact) mass is 319 g/mol. The van der Waals surface area contributed by atoms with E-state index in [0.717, 1.165) is 11.2 Å². The number of hydrazine groups is 1. The summed E-state index contributed by atoms with van der Waals surface area (Å²) in [6.07, 6.45) is 2.95. The summed E-state index contributed by atoms with van der Waals surface area (Å²) in [6, 6.07) is 9.09. The van der Waals surface area contributed by atoms with Gasteiger partial charge < -0.3 is 4.74 Å². The van der Waals surface area contributed by atoms with Crippen molar-refractivity contribution < 1.29 is 13.9 Å². The minimum atomic E-state index is -1.38. The number of nitrogens with zero attached hydrogens (tertiary/aromatic N) is 2. The SMILES string of the molecule is CC1(C2CC=NC=C2F)OC(=S)N(Nc2ccccc2)C1=O. The van der Waals surface area contributed by atoms with Gasteiger partial charge in [-0.3, -0.25) is 15.2 Å². The average molecular weight is 319 g/mol. The van der Waals surface area contributed by atoms with Gasteiger partial charge in [0.15, 0.2) is 5.60 Å². The van der Waals surface area contributed by atoms with Crippen LogP contribution in [-0.2, 0) is 9.53 Å². The quantitative estimate of drug-likeness (QED) is 0.871. The van der Waals surface area contributed by atoms with Gasteiger partial charge in [-0.05, 0) is 37.7 Å². The zero-order valence-electron chi connectivity index (χ0n) is 11.8. The van der Waals surface area contributed by atoms with Crippen LogP contribution in [0, 0.1) is 5.92 Å². The maximum Gasteiger partial charge on any atom is 0.293 e. The lowest BCUT2D eigenvalue weighted by Crippen LogP contribution is -2.46. The second-order valence-electron chi connectivity index (χ2n) is 5.23. The molecule has 114 valence electrons. The number of thiocarbonyl (C=S) groups is 1. The molecule has 1 amide bonds. The lowest BCUT2D eigenvalue weighted by Gasteiger charge is -2.29. The molecular formula is C15H14FN3O2S. The van der Waals surface area contributed by atoms with Gasteiger partial charge >= 0.3 is 0 Å². The molecule has 2 atom stereocenters. The van der Waals surface area contributed by atoms with E-state index in [-0.39, 0.29) is 11.6 Å². The molecule has 2 aliphatic rings. The summed E-state index contributed by atoms with van der Waals surface area (Å²) in [5.41, 5.74) is 2.20. The van der Waals surface area contributed by atoms with Gasteiger partial charge in [0.1, 0.15) is 5.83 Å². The lowest BCUT2D eigenvalue weighted by molar-refractivity contribution is -0.138. The lowest BCUT2D eigenvalue weighted by atomic mass is 9.84. The molecule has 1 saturated heterocycles. The predicted molar refractivity (Wildman–Crippen MR) is 84.8 cm³/mol. The second-order valence-corrected chi connectivity index (χ2v) is 5.58. The number of hydrogen-bond donors (Lipinski definition) is 1. The van der Waals surface area contributed by atoms with Gasteiger partial charge in [-0.25, -0.2) is 4.39 Å². The minimum absolute atomic E-state index is 0.0216. The number of halogens is 1. The minimum Gasteiger partial charge on any atom is -0.452 e. The van der Waals surface area contributed by atoms with Gasteiger partial charge in [-0.1, -0.05) is 18.2 Å². The van der Waals surface area contributed by atoms with Crippen molar-refractivity contribution >= 4 is 35.2 Å². The van der Waals surface area contributed by atoms with Crippen LogP contribution in [-0.4, -0.2) is 27.9 Å². The number of carbonyl (C=O) groups is 1. The van der Waals surface area contributed by atoms with E-state index in [4.69, 9.17) is 17.0 Å². The van der Waals surface area contributed by atoms with Crippen molar-refractivity contribution in [3.63, 3.8) is 0 Å². The first kappa shape index (κ1) is 14.6. The standard InChI is InChI=1S/C15H14FN3O2S/c1-15(11-7-8-17-9-12(11)16)13(20)19(14(22)21-15)18-10-5-3-2-4-6-10/h2-6,8-9,11,18H,7H2,1H3. The number of nitrogens with one attached hydrogen (secondary N) is 1. The number of para-hydroxylation sites is 1. The fraction of sp³-hybridized carbons (Fsp3) is 0.267. The molecule has 0 aliphatic carbocycles. The number of aliphatic imine (C=N–C) groups is 1. The van der Waals surface area contributed by atoms with Crippen molar-refractivity contribution in [3.8, 4) is 0 Å². The molecule has 22 heavy (non-hydrogen) atoms. The van der Waals surface area contributed by atoms with E-state index in [2.05, 4.69) is 10.4 Å². The molecule has 5 nitrogen and oxygen atoms in total. The van der Waals surface area contributed by atoms with Gasteiger partial charge in [0.25, 0.3) is 11.1 Å².